The van der Waals surface area contributed by atoms with E-state index >= 15 is 0 Å². The Balaban J connectivity index is 1.83. The average molecular weight is 318 g/mol. The van der Waals surface area contributed by atoms with Gasteiger partial charge in [0.25, 0.3) is 0 Å². The standard InChI is InChI=1S/C14H17F3N2OS/c15-14(16,17)21-12-3-1-11(2-4-12)19-13(20)9-10-5-7-18-8-6-10/h1-4,10,18H,5-9H2,(H,19,20). The lowest BCUT2D eigenvalue weighted by Gasteiger charge is -2.21. The van der Waals surface area contributed by atoms with E-state index in [1.54, 1.807) is 0 Å². The molecule has 3 nitrogen and oxygen atoms in total. The molecule has 1 aromatic rings. The van der Waals surface area contributed by atoms with Crippen molar-refractivity contribution in [2.75, 3.05) is 18.4 Å². The molecule has 2 rings (SSSR count). The SMILES string of the molecule is O=C(CC1CCNCC1)Nc1ccc(SC(F)(F)F)cc1. The number of alkyl halides is 3. The van der Waals surface area contributed by atoms with E-state index < -0.39 is 5.51 Å². The van der Waals surface area contributed by atoms with Gasteiger partial charge < -0.3 is 10.6 Å². The number of amides is 1. The molecule has 0 saturated carbocycles. The quantitative estimate of drug-likeness (QED) is 0.833. The first kappa shape index (κ1) is 16.2. The van der Waals surface area contributed by atoms with Gasteiger partial charge in [0.2, 0.25) is 5.91 Å². The van der Waals surface area contributed by atoms with Crippen LogP contribution in [0.2, 0.25) is 0 Å². The van der Waals surface area contributed by atoms with Crippen molar-refractivity contribution in [3.8, 4) is 0 Å². The van der Waals surface area contributed by atoms with Crippen molar-refractivity contribution in [1.82, 2.24) is 5.32 Å². The van der Waals surface area contributed by atoms with Crippen molar-refractivity contribution in [3.05, 3.63) is 24.3 Å². The second-order valence-corrected chi connectivity index (χ2v) is 6.16. The van der Waals surface area contributed by atoms with Crippen molar-refractivity contribution >= 4 is 23.4 Å². The monoisotopic (exact) mass is 318 g/mol. The number of nitrogens with one attached hydrogen (secondary N) is 2. The molecular weight excluding hydrogens is 301 g/mol. The molecular formula is C14H17F3N2OS. The molecule has 1 aliphatic heterocycles. The number of halogens is 3. The summed E-state index contributed by atoms with van der Waals surface area (Å²) in [5, 5.41) is 5.97. The van der Waals surface area contributed by atoms with Gasteiger partial charge in [-0.2, -0.15) is 13.2 Å². The van der Waals surface area contributed by atoms with Gasteiger partial charge in [-0.1, -0.05) is 0 Å². The topological polar surface area (TPSA) is 41.1 Å². The predicted molar refractivity (Wildman–Crippen MR) is 77.2 cm³/mol. The van der Waals surface area contributed by atoms with Crippen LogP contribution in [-0.4, -0.2) is 24.5 Å². The van der Waals surface area contributed by atoms with Crippen LogP contribution in [0.5, 0.6) is 0 Å². The van der Waals surface area contributed by atoms with E-state index in [1.807, 2.05) is 0 Å². The van der Waals surface area contributed by atoms with Gasteiger partial charge >= 0.3 is 5.51 Å². The normalized spacial score (nSPS) is 16.7. The van der Waals surface area contributed by atoms with Crippen LogP contribution in [0.1, 0.15) is 19.3 Å². The number of carbonyl (C=O) groups excluding carboxylic acids is 1. The van der Waals surface area contributed by atoms with E-state index in [0.717, 1.165) is 25.9 Å². The molecule has 0 radical (unpaired) electrons. The Morgan fingerprint density at radius 3 is 2.43 bits per heavy atom. The highest BCUT2D eigenvalue weighted by atomic mass is 32.2. The zero-order valence-electron chi connectivity index (χ0n) is 11.4. The first-order valence-electron chi connectivity index (χ1n) is 6.79. The summed E-state index contributed by atoms with van der Waals surface area (Å²) < 4.78 is 36.6. The van der Waals surface area contributed by atoms with Crippen molar-refractivity contribution < 1.29 is 18.0 Å². The number of thioether (sulfide) groups is 1. The third-order valence-corrected chi connectivity index (χ3v) is 4.04. The summed E-state index contributed by atoms with van der Waals surface area (Å²) in [5.74, 6) is 0.296. The molecule has 0 aliphatic carbocycles. The number of benzene rings is 1. The summed E-state index contributed by atoms with van der Waals surface area (Å²) in [5.41, 5.74) is -3.76. The van der Waals surface area contributed by atoms with Crippen LogP contribution in [0.25, 0.3) is 0 Å². The molecule has 1 fully saturated rings. The fourth-order valence-electron chi connectivity index (χ4n) is 2.30. The number of hydrogen-bond acceptors (Lipinski definition) is 3. The number of piperidine rings is 1. The van der Waals surface area contributed by atoms with Crippen LogP contribution in [0.4, 0.5) is 18.9 Å². The first-order chi connectivity index (χ1) is 9.92. The highest BCUT2D eigenvalue weighted by Gasteiger charge is 2.29. The van der Waals surface area contributed by atoms with Crippen molar-refractivity contribution in [1.29, 1.82) is 0 Å². The Morgan fingerprint density at radius 1 is 1.24 bits per heavy atom. The van der Waals surface area contributed by atoms with Gasteiger partial charge in [-0.25, -0.2) is 0 Å². The highest BCUT2D eigenvalue weighted by Crippen LogP contribution is 2.37. The van der Waals surface area contributed by atoms with Crippen LogP contribution in [-0.2, 0) is 4.79 Å². The number of carbonyl (C=O) groups is 1. The molecule has 1 amide bonds. The molecule has 0 aromatic heterocycles. The molecule has 0 spiro atoms. The van der Waals surface area contributed by atoms with E-state index in [-0.39, 0.29) is 22.6 Å². The molecule has 2 N–H and O–H groups in total. The maximum absolute atomic E-state index is 12.2. The van der Waals surface area contributed by atoms with Crippen molar-refractivity contribution in [3.63, 3.8) is 0 Å². The van der Waals surface area contributed by atoms with Crippen LogP contribution >= 0.6 is 11.8 Å². The first-order valence-corrected chi connectivity index (χ1v) is 7.60. The zero-order chi connectivity index (χ0) is 15.3. The molecule has 116 valence electrons. The average Bonchev–Trinajstić information content (AvgIpc) is 2.40. The molecule has 0 atom stereocenters. The van der Waals surface area contributed by atoms with E-state index in [0.29, 0.717) is 18.0 Å². The number of anilines is 1. The molecule has 1 saturated heterocycles. The van der Waals surface area contributed by atoms with Crippen molar-refractivity contribution in [2.24, 2.45) is 5.92 Å². The lowest BCUT2D eigenvalue weighted by molar-refractivity contribution is -0.117. The van der Waals surface area contributed by atoms with Gasteiger partial charge in [-0.3, -0.25) is 4.79 Å². The predicted octanol–water partition coefficient (Wildman–Crippen LogP) is 3.63. The van der Waals surface area contributed by atoms with Crippen LogP contribution in [0, 0.1) is 5.92 Å². The van der Waals surface area contributed by atoms with Crippen molar-refractivity contribution in [2.45, 2.75) is 29.7 Å². The minimum atomic E-state index is -4.29. The summed E-state index contributed by atoms with van der Waals surface area (Å²) in [6.07, 6.45) is 2.42. The summed E-state index contributed by atoms with van der Waals surface area (Å²) in [7, 11) is 0. The summed E-state index contributed by atoms with van der Waals surface area (Å²) in [6, 6.07) is 5.71. The zero-order valence-corrected chi connectivity index (χ0v) is 12.2. The third kappa shape index (κ3) is 5.97. The molecule has 21 heavy (non-hydrogen) atoms. The van der Waals surface area contributed by atoms with Crippen LogP contribution in [0.15, 0.2) is 29.2 Å². The lowest BCUT2D eigenvalue weighted by atomic mass is 9.94. The van der Waals surface area contributed by atoms with Crippen LogP contribution in [0.3, 0.4) is 0 Å². The Morgan fingerprint density at radius 2 is 1.86 bits per heavy atom. The Hall–Kier alpha value is -1.21. The molecule has 1 aliphatic rings. The minimum absolute atomic E-state index is 0.0851. The molecule has 1 aromatic carbocycles. The molecule has 0 unspecified atom stereocenters. The summed E-state index contributed by atoms with van der Waals surface area (Å²) in [6.45, 7) is 1.86. The lowest BCUT2D eigenvalue weighted by Crippen LogP contribution is -2.30. The largest absolute Gasteiger partial charge is 0.446 e. The second kappa shape index (κ2) is 7.17. The fraction of sp³-hybridized carbons (Fsp3) is 0.500. The highest BCUT2D eigenvalue weighted by molar-refractivity contribution is 8.00. The Bertz CT molecular complexity index is 470. The van der Waals surface area contributed by atoms with E-state index in [4.69, 9.17) is 0 Å². The molecule has 7 heteroatoms. The van der Waals surface area contributed by atoms with Crippen LogP contribution < -0.4 is 10.6 Å². The van der Waals surface area contributed by atoms with Gasteiger partial charge in [0.05, 0.1) is 0 Å². The van der Waals surface area contributed by atoms with E-state index in [1.165, 1.54) is 24.3 Å². The minimum Gasteiger partial charge on any atom is -0.326 e. The van der Waals surface area contributed by atoms with Gasteiger partial charge in [0, 0.05) is 17.0 Å². The van der Waals surface area contributed by atoms with E-state index in [9.17, 15) is 18.0 Å². The number of hydrogen-bond donors (Lipinski definition) is 2. The fourth-order valence-corrected chi connectivity index (χ4v) is 2.84. The Kier molecular flexibility index (Phi) is 5.52. The summed E-state index contributed by atoms with van der Waals surface area (Å²) >= 11 is -0.163. The molecule has 0 bridgehead atoms. The molecule has 1 heterocycles. The maximum atomic E-state index is 12.2. The third-order valence-electron chi connectivity index (χ3n) is 3.30. The van der Waals surface area contributed by atoms with E-state index in [2.05, 4.69) is 10.6 Å². The number of rotatable bonds is 4. The summed E-state index contributed by atoms with van der Waals surface area (Å²) in [4.78, 5) is 12.0. The van der Waals surface area contributed by atoms with Gasteiger partial charge in [-0.15, -0.1) is 0 Å². The van der Waals surface area contributed by atoms with Gasteiger partial charge in [0.15, 0.2) is 0 Å². The second-order valence-electron chi connectivity index (χ2n) is 5.02. The van der Waals surface area contributed by atoms with Gasteiger partial charge in [-0.05, 0) is 67.9 Å². The maximum Gasteiger partial charge on any atom is 0.446 e. The Labute approximate surface area is 125 Å². The smallest absolute Gasteiger partial charge is 0.326 e. The van der Waals surface area contributed by atoms with Gasteiger partial charge in [0.1, 0.15) is 0 Å².